The van der Waals surface area contributed by atoms with E-state index in [0.717, 1.165) is 12.8 Å². The largest absolute Gasteiger partial charge is 0.480 e. The fraction of sp³-hybridized carbons (Fsp3) is 0.810. The molecule has 0 aromatic heterocycles. The number of carbonyl (C=O) groups is 2. The minimum absolute atomic E-state index is 0.317. The number of hydrogen-bond acceptors (Lipinski definition) is 2. The molecule has 0 aromatic carbocycles. The van der Waals surface area contributed by atoms with Gasteiger partial charge in [-0.25, -0.2) is 0 Å². The van der Waals surface area contributed by atoms with Crippen LogP contribution in [0.2, 0.25) is 0 Å². The predicted octanol–water partition coefficient (Wildman–Crippen LogP) is 5.61. The summed E-state index contributed by atoms with van der Waals surface area (Å²) in [5, 5.41) is 10.7. The molecule has 146 valence electrons. The van der Waals surface area contributed by atoms with E-state index in [4.69, 9.17) is 5.11 Å². The van der Waals surface area contributed by atoms with Crippen molar-refractivity contribution in [3.05, 3.63) is 12.2 Å². The highest BCUT2D eigenvalue weighted by molar-refractivity contribution is 5.89. The monoisotopic (exact) mass is 353 g/mol. The highest BCUT2D eigenvalue weighted by Crippen LogP contribution is 2.13. The molecule has 0 unspecified atom stereocenters. The summed E-state index contributed by atoms with van der Waals surface area (Å²) in [4.78, 5) is 21.5. The van der Waals surface area contributed by atoms with Crippen molar-refractivity contribution in [1.82, 2.24) is 5.32 Å². The lowest BCUT2D eigenvalue weighted by Gasteiger charge is -2.02. The molecular weight excluding hydrogens is 314 g/mol. The van der Waals surface area contributed by atoms with Crippen molar-refractivity contribution < 1.29 is 14.7 Å². The predicted molar refractivity (Wildman–Crippen MR) is 105 cm³/mol. The molecule has 2 N–H and O–H groups in total. The molecule has 0 rings (SSSR count). The van der Waals surface area contributed by atoms with Crippen LogP contribution in [0.25, 0.3) is 0 Å². The van der Waals surface area contributed by atoms with Crippen LogP contribution in [-0.2, 0) is 9.59 Å². The van der Waals surface area contributed by atoms with Gasteiger partial charge in [-0.2, -0.15) is 0 Å². The molecule has 0 spiro atoms. The zero-order valence-corrected chi connectivity index (χ0v) is 16.2. The summed E-state index contributed by atoms with van der Waals surface area (Å²) >= 11 is 0. The molecule has 25 heavy (non-hydrogen) atoms. The van der Waals surface area contributed by atoms with E-state index in [0.29, 0.717) is 0 Å². The van der Waals surface area contributed by atoms with Gasteiger partial charge in [-0.05, 0) is 18.9 Å². The number of aliphatic carboxylic acids is 1. The van der Waals surface area contributed by atoms with Crippen LogP contribution >= 0.6 is 0 Å². The quantitative estimate of drug-likeness (QED) is 0.248. The van der Waals surface area contributed by atoms with E-state index in [1.165, 1.54) is 89.5 Å². The summed E-state index contributed by atoms with van der Waals surface area (Å²) in [6.45, 7) is 1.95. The Bertz CT molecular complexity index is 353. The molecule has 0 aromatic rings. The van der Waals surface area contributed by atoms with Crippen LogP contribution in [0, 0.1) is 0 Å². The summed E-state index contributed by atoms with van der Waals surface area (Å²) in [6, 6.07) is 0. The number of carboxylic acids is 1. The van der Waals surface area contributed by atoms with Crippen LogP contribution in [0.15, 0.2) is 12.2 Å². The first kappa shape index (κ1) is 23.7. The zero-order chi connectivity index (χ0) is 18.6. The number of allylic oxidation sites excluding steroid dienone is 1. The molecular formula is C21H39NO3. The van der Waals surface area contributed by atoms with E-state index in [9.17, 15) is 9.59 Å². The SMILES string of the molecule is CCCCCCCCCCCCCCCCC=CC(=O)NCC(=O)O. The van der Waals surface area contributed by atoms with Gasteiger partial charge in [0.15, 0.2) is 0 Å². The maximum atomic E-state index is 11.2. The third-order valence-corrected chi connectivity index (χ3v) is 4.41. The smallest absolute Gasteiger partial charge is 0.322 e. The lowest BCUT2D eigenvalue weighted by Crippen LogP contribution is -2.27. The lowest BCUT2D eigenvalue weighted by molar-refractivity contribution is -0.137. The van der Waals surface area contributed by atoms with Crippen LogP contribution in [0.1, 0.15) is 103 Å². The first-order chi connectivity index (χ1) is 12.2. The Kier molecular flexibility index (Phi) is 18.0. The molecule has 0 aliphatic rings. The highest BCUT2D eigenvalue weighted by atomic mass is 16.4. The first-order valence-electron chi connectivity index (χ1n) is 10.3. The molecule has 0 fully saturated rings. The first-order valence-corrected chi connectivity index (χ1v) is 10.3. The molecule has 0 radical (unpaired) electrons. The molecule has 4 nitrogen and oxygen atoms in total. The van der Waals surface area contributed by atoms with Crippen molar-refractivity contribution in [3.63, 3.8) is 0 Å². The average molecular weight is 354 g/mol. The average Bonchev–Trinajstić information content (AvgIpc) is 2.59. The number of amides is 1. The summed E-state index contributed by atoms with van der Waals surface area (Å²) < 4.78 is 0. The number of carbonyl (C=O) groups excluding carboxylic acids is 1. The molecule has 0 heterocycles. The zero-order valence-electron chi connectivity index (χ0n) is 16.2. The summed E-state index contributed by atoms with van der Waals surface area (Å²) in [5.41, 5.74) is 0. The van der Waals surface area contributed by atoms with Crippen LogP contribution in [0.5, 0.6) is 0 Å². The Balaban J connectivity index is 3.18. The van der Waals surface area contributed by atoms with E-state index >= 15 is 0 Å². The van der Waals surface area contributed by atoms with Gasteiger partial charge in [0.25, 0.3) is 0 Å². The van der Waals surface area contributed by atoms with Crippen molar-refractivity contribution >= 4 is 11.9 Å². The van der Waals surface area contributed by atoms with Crippen molar-refractivity contribution in [2.24, 2.45) is 0 Å². The molecule has 0 aliphatic carbocycles. The van der Waals surface area contributed by atoms with Gasteiger partial charge in [-0.3, -0.25) is 9.59 Å². The van der Waals surface area contributed by atoms with Crippen LogP contribution in [0.4, 0.5) is 0 Å². The Morgan fingerprint density at radius 3 is 1.64 bits per heavy atom. The topological polar surface area (TPSA) is 66.4 Å². The van der Waals surface area contributed by atoms with Gasteiger partial charge in [-0.1, -0.05) is 96.5 Å². The fourth-order valence-electron chi connectivity index (χ4n) is 2.87. The van der Waals surface area contributed by atoms with Gasteiger partial charge < -0.3 is 10.4 Å². The maximum Gasteiger partial charge on any atom is 0.322 e. The second-order valence-electron chi connectivity index (χ2n) is 6.90. The van der Waals surface area contributed by atoms with Crippen molar-refractivity contribution in [2.75, 3.05) is 6.54 Å². The molecule has 0 saturated heterocycles. The second-order valence-corrected chi connectivity index (χ2v) is 6.90. The number of unbranched alkanes of at least 4 members (excludes halogenated alkanes) is 14. The number of nitrogens with one attached hydrogen (secondary N) is 1. The van der Waals surface area contributed by atoms with Gasteiger partial charge in [0, 0.05) is 0 Å². The fourth-order valence-corrected chi connectivity index (χ4v) is 2.87. The lowest BCUT2D eigenvalue weighted by atomic mass is 10.0. The van der Waals surface area contributed by atoms with Crippen molar-refractivity contribution in [3.8, 4) is 0 Å². The standard InChI is InChI=1S/C21H39NO3/c1-2-3-4-5-6-7-8-9-10-11-12-13-14-15-16-17-18-20(23)22-19-21(24)25/h17-18H,2-16,19H2,1H3,(H,22,23)(H,24,25). The third kappa shape index (κ3) is 20.6. The normalized spacial score (nSPS) is 11.1. The van der Waals surface area contributed by atoms with Crippen LogP contribution < -0.4 is 5.32 Å². The third-order valence-electron chi connectivity index (χ3n) is 4.41. The van der Waals surface area contributed by atoms with Crippen molar-refractivity contribution in [2.45, 2.75) is 103 Å². The molecule has 0 saturated carbocycles. The Labute approximate surface area is 154 Å². The second kappa shape index (κ2) is 19.0. The van der Waals surface area contributed by atoms with E-state index in [2.05, 4.69) is 12.2 Å². The minimum atomic E-state index is -1.02. The van der Waals surface area contributed by atoms with Gasteiger partial charge in [0.05, 0.1) is 0 Å². The molecule has 4 heteroatoms. The Morgan fingerprint density at radius 1 is 0.760 bits per heavy atom. The Morgan fingerprint density at radius 2 is 1.20 bits per heavy atom. The van der Waals surface area contributed by atoms with Crippen molar-refractivity contribution in [1.29, 1.82) is 0 Å². The molecule has 0 bridgehead atoms. The minimum Gasteiger partial charge on any atom is -0.480 e. The van der Waals surface area contributed by atoms with Crippen LogP contribution in [0.3, 0.4) is 0 Å². The van der Waals surface area contributed by atoms with Gasteiger partial charge in [0.2, 0.25) is 5.91 Å². The van der Waals surface area contributed by atoms with E-state index in [1.807, 2.05) is 6.08 Å². The van der Waals surface area contributed by atoms with Crippen LogP contribution in [-0.4, -0.2) is 23.5 Å². The maximum absolute atomic E-state index is 11.2. The summed E-state index contributed by atoms with van der Waals surface area (Å²) in [5.74, 6) is -1.35. The number of rotatable bonds is 18. The Hall–Kier alpha value is -1.32. The molecule has 0 aliphatic heterocycles. The van der Waals surface area contributed by atoms with Gasteiger partial charge in [-0.15, -0.1) is 0 Å². The molecule has 0 atom stereocenters. The molecule has 1 amide bonds. The highest BCUT2D eigenvalue weighted by Gasteiger charge is 1.98. The number of carboxylic acid groups (broad SMARTS) is 1. The summed E-state index contributed by atoms with van der Waals surface area (Å²) in [7, 11) is 0. The van der Waals surface area contributed by atoms with Gasteiger partial charge in [0.1, 0.15) is 6.54 Å². The van der Waals surface area contributed by atoms with E-state index in [-0.39, 0.29) is 12.5 Å². The van der Waals surface area contributed by atoms with E-state index < -0.39 is 5.97 Å². The number of hydrogen-bond donors (Lipinski definition) is 2. The summed E-state index contributed by atoms with van der Waals surface area (Å²) in [6.07, 6.45) is 23.0. The van der Waals surface area contributed by atoms with E-state index in [1.54, 1.807) is 0 Å². The van der Waals surface area contributed by atoms with Gasteiger partial charge >= 0.3 is 5.97 Å².